The maximum Gasteiger partial charge on any atom is 0.410 e. The van der Waals surface area contributed by atoms with Crippen LogP contribution in [0.1, 0.15) is 62.9 Å². The third-order valence-electron chi connectivity index (χ3n) is 7.76. The van der Waals surface area contributed by atoms with Crippen molar-refractivity contribution in [3.05, 3.63) is 41.3 Å². The summed E-state index contributed by atoms with van der Waals surface area (Å²) in [7, 11) is 0. The molecule has 2 aromatic heterocycles. The van der Waals surface area contributed by atoms with Gasteiger partial charge >= 0.3 is 6.09 Å². The maximum atomic E-state index is 12.5. The van der Waals surface area contributed by atoms with E-state index in [1.54, 1.807) is 0 Å². The van der Waals surface area contributed by atoms with E-state index in [0.29, 0.717) is 31.2 Å². The van der Waals surface area contributed by atoms with Crippen LogP contribution < -0.4 is 4.90 Å². The normalized spacial score (nSPS) is 22.3. The number of piperidine rings is 1. The van der Waals surface area contributed by atoms with Gasteiger partial charge in [-0.2, -0.15) is 5.10 Å². The van der Waals surface area contributed by atoms with E-state index in [1.807, 2.05) is 43.5 Å². The molecule has 0 radical (unpaired) electrons. The topological polar surface area (TPSA) is 85.6 Å². The van der Waals surface area contributed by atoms with Crippen LogP contribution in [-0.4, -0.2) is 74.7 Å². The highest BCUT2D eigenvalue weighted by Crippen LogP contribution is 2.35. The number of benzene rings is 1. The van der Waals surface area contributed by atoms with Crippen LogP contribution in [0.15, 0.2) is 24.4 Å². The van der Waals surface area contributed by atoms with E-state index >= 15 is 0 Å². The van der Waals surface area contributed by atoms with E-state index in [2.05, 4.69) is 30.0 Å². The molecule has 3 aromatic rings. The van der Waals surface area contributed by atoms with E-state index in [-0.39, 0.29) is 6.09 Å². The Morgan fingerprint density at radius 1 is 1.08 bits per heavy atom. The molecule has 2 atom stereocenters. The average molecular weight is 505 g/mol. The number of ether oxygens (including phenoxy) is 2. The fraction of sp³-hybridized carbons (Fsp3) is 0.571. The van der Waals surface area contributed by atoms with Crippen molar-refractivity contribution in [3.63, 3.8) is 0 Å². The van der Waals surface area contributed by atoms with Crippen molar-refractivity contribution in [2.75, 3.05) is 31.1 Å². The van der Waals surface area contributed by atoms with Crippen molar-refractivity contribution >= 4 is 22.8 Å². The summed E-state index contributed by atoms with van der Waals surface area (Å²) in [5.41, 5.74) is 3.15. The predicted molar refractivity (Wildman–Crippen MR) is 141 cm³/mol. The van der Waals surface area contributed by atoms with Gasteiger partial charge in [-0.05, 0) is 83.1 Å². The monoisotopic (exact) mass is 504 g/mol. The average Bonchev–Trinajstić information content (AvgIpc) is 3.58. The first-order valence-electron chi connectivity index (χ1n) is 13.3. The zero-order valence-electron chi connectivity index (χ0n) is 22.4. The number of hydrogen-bond donors (Lipinski definition) is 0. The second-order valence-corrected chi connectivity index (χ2v) is 11.7. The largest absolute Gasteiger partial charge is 0.444 e. The third-order valence-corrected chi connectivity index (χ3v) is 7.76. The molecule has 2 bridgehead atoms. The van der Waals surface area contributed by atoms with Gasteiger partial charge in [-0.15, -0.1) is 0 Å². The summed E-state index contributed by atoms with van der Waals surface area (Å²) in [6.07, 6.45) is 4.90. The van der Waals surface area contributed by atoms with E-state index in [1.165, 1.54) is 11.1 Å². The number of anilines is 1. The Kier molecular flexibility index (Phi) is 5.86. The molecule has 1 amide bonds. The van der Waals surface area contributed by atoms with Crippen LogP contribution >= 0.6 is 0 Å². The molecule has 3 aliphatic rings. The molecule has 196 valence electrons. The number of rotatable bonds is 3. The highest BCUT2D eigenvalue weighted by Gasteiger charge is 2.40. The number of aryl methyl sites for hydroxylation is 2. The van der Waals surface area contributed by atoms with Gasteiger partial charge in [0.15, 0.2) is 5.82 Å². The van der Waals surface area contributed by atoms with Gasteiger partial charge < -0.3 is 19.3 Å². The van der Waals surface area contributed by atoms with E-state index in [4.69, 9.17) is 24.5 Å². The van der Waals surface area contributed by atoms with Crippen LogP contribution in [0.2, 0.25) is 0 Å². The third kappa shape index (κ3) is 4.65. The van der Waals surface area contributed by atoms with Gasteiger partial charge in [0.25, 0.3) is 0 Å². The lowest BCUT2D eigenvalue weighted by molar-refractivity contribution is 0.0205. The predicted octanol–water partition coefficient (Wildman–Crippen LogP) is 4.52. The Balaban J connectivity index is 1.26. The highest BCUT2D eigenvalue weighted by molar-refractivity contribution is 5.82. The SMILES string of the molecule is Cc1nc(N2CC3CC2CO3)cc(-n2ncc3cc(C)c(C4CCN(C(=O)OC(C)(C)C)CC4)cc32)n1. The minimum Gasteiger partial charge on any atom is -0.444 e. The van der Waals surface area contributed by atoms with Crippen LogP contribution in [0.4, 0.5) is 10.6 Å². The molecule has 3 fully saturated rings. The number of carbonyl (C=O) groups excluding carboxylic acids is 1. The zero-order chi connectivity index (χ0) is 25.9. The van der Waals surface area contributed by atoms with Gasteiger partial charge in [0.2, 0.25) is 0 Å². The molecule has 0 saturated carbocycles. The molecule has 9 nitrogen and oxygen atoms in total. The molecular weight excluding hydrogens is 468 g/mol. The minimum atomic E-state index is -0.477. The molecule has 37 heavy (non-hydrogen) atoms. The van der Waals surface area contributed by atoms with Gasteiger partial charge in [0, 0.05) is 31.1 Å². The number of amides is 1. The first-order valence-corrected chi connectivity index (χ1v) is 13.3. The van der Waals surface area contributed by atoms with Crippen molar-refractivity contribution in [3.8, 4) is 5.82 Å². The molecule has 9 heteroatoms. The van der Waals surface area contributed by atoms with Crippen LogP contribution in [0.25, 0.3) is 16.7 Å². The van der Waals surface area contributed by atoms with E-state index < -0.39 is 5.60 Å². The quantitative estimate of drug-likeness (QED) is 0.518. The molecule has 5 heterocycles. The molecule has 2 unspecified atom stereocenters. The van der Waals surface area contributed by atoms with Gasteiger partial charge in [0.05, 0.1) is 30.5 Å². The van der Waals surface area contributed by atoms with Crippen molar-refractivity contribution < 1.29 is 14.3 Å². The summed E-state index contributed by atoms with van der Waals surface area (Å²) in [6, 6.07) is 6.94. The van der Waals surface area contributed by atoms with Crippen molar-refractivity contribution in [1.29, 1.82) is 0 Å². The fourth-order valence-electron chi connectivity index (χ4n) is 6.00. The number of hydrogen-bond acceptors (Lipinski definition) is 7. The van der Waals surface area contributed by atoms with Crippen molar-refractivity contribution in [1.82, 2.24) is 24.6 Å². The molecular formula is C28H36N6O3. The maximum absolute atomic E-state index is 12.5. The van der Waals surface area contributed by atoms with Crippen molar-refractivity contribution in [2.45, 2.75) is 77.5 Å². The lowest BCUT2D eigenvalue weighted by Gasteiger charge is -2.34. The molecule has 0 spiro atoms. The number of fused-ring (bicyclic) bond motifs is 3. The Morgan fingerprint density at radius 3 is 2.51 bits per heavy atom. The minimum absolute atomic E-state index is 0.219. The van der Waals surface area contributed by atoms with E-state index in [9.17, 15) is 4.79 Å². The number of carbonyl (C=O) groups is 1. The van der Waals surface area contributed by atoms with Crippen molar-refractivity contribution in [2.24, 2.45) is 0 Å². The Bertz CT molecular complexity index is 1340. The summed E-state index contributed by atoms with van der Waals surface area (Å²) in [5.74, 6) is 2.86. The molecule has 0 aliphatic carbocycles. The van der Waals surface area contributed by atoms with Crippen LogP contribution in [-0.2, 0) is 9.47 Å². The first-order chi connectivity index (χ1) is 17.6. The summed E-state index contributed by atoms with van der Waals surface area (Å²) in [5, 5.41) is 5.83. The second-order valence-electron chi connectivity index (χ2n) is 11.7. The smallest absolute Gasteiger partial charge is 0.410 e. The van der Waals surface area contributed by atoms with Crippen LogP contribution in [0.3, 0.4) is 0 Å². The number of nitrogens with zero attached hydrogens (tertiary/aromatic N) is 6. The molecule has 0 N–H and O–H groups in total. The number of likely N-dealkylation sites (tertiary alicyclic amines) is 1. The summed E-state index contributed by atoms with van der Waals surface area (Å²) >= 11 is 0. The second kappa shape index (κ2) is 8.97. The first kappa shape index (κ1) is 24.2. The Morgan fingerprint density at radius 2 is 1.84 bits per heavy atom. The molecule has 1 aromatic carbocycles. The van der Waals surface area contributed by atoms with Gasteiger partial charge in [0.1, 0.15) is 17.2 Å². The number of morpholine rings is 1. The Labute approximate surface area is 217 Å². The van der Waals surface area contributed by atoms with Gasteiger partial charge in [-0.3, -0.25) is 0 Å². The number of aromatic nitrogens is 4. The van der Waals surface area contributed by atoms with Crippen LogP contribution in [0.5, 0.6) is 0 Å². The fourth-order valence-corrected chi connectivity index (χ4v) is 6.00. The molecule has 3 saturated heterocycles. The highest BCUT2D eigenvalue weighted by atomic mass is 16.6. The standard InChI is InChI=1S/C28H36N6O3/c1-17-10-20-14-29-34(26-13-25(30-18(2)31-26)33-15-22-11-21(33)16-36-22)24(20)12-23(17)19-6-8-32(9-7-19)27(35)37-28(3,4)5/h10,12-14,19,21-22H,6-9,11,15-16H2,1-5H3. The van der Waals surface area contributed by atoms with Gasteiger partial charge in [-0.25, -0.2) is 19.4 Å². The lowest BCUT2D eigenvalue weighted by Crippen LogP contribution is -2.41. The van der Waals surface area contributed by atoms with E-state index in [0.717, 1.165) is 60.8 Å². The summed E-state index contributed by atoms with van der Waals surface area (Å²) in [6.45, 7) is 12.9. The van der Waals surface area contributed by atoms with Crippen LogP contribution in [0, 0.1) is 13.8 Å². The zero-order valence-corrected chi connectivity index (χ0v) is 22.4. The molecule has 6 rings (SSSR count). The summed E-state index contributed by atoms with van der Waals surface area (Å²) in [4.78, 5) is 26.2. The summed E-state index contributed by atoms with van der Waals surface area (Å²) < 4.78 is 13.3. The molecule has 3 aliphatic heterocycles. The lowest BCUT2D eigenvalue weighted by atomic mass is 9.86. The Hall–Kier alpha value is -3.20. The van der Waals surface area contributed by atoms with Gasteiger partial charge in [-0.1, -0.05) is 0 Å².